The quantitative estimate of drug-likeness (QED) is 0.686. The molecule has 0 N–H and O–H groups in total. The molecule has 148 valence electrons. The molecule has 2 aliphatic rings. The summed E-state index contributed by atoms with van der Waals surface area (Å²) in [6, 6.07) is 16.6. The van der Waals surface area contributed by atoms with Gasteiger partial charge in [0.15, 0.2) is 0 Å². The molecule has 2 aromatic carbocycles. The summed E-state index contributed by atoms with van der Waals surface area (Å²) >= 11 is 0. The second kappa shape index (κ2) is 8.89. The molecule has 0 spiro atoms. The lowest BCUT2D eigenvalue weighted by molar-refractivity contribution is -0.112. The first-order valence-electron chi connectivity index (χ1n) is 10.4. The van der Waals surface area contributed by atoms with Crippen LogP contribution < -0.4 is 4.74 Å². The van der Waals surface area contributed by atoms with Gasteiger partial charge in [-0.15, -0.1) is 0 Å². The van der Waals surface area contributed by atoms with Crippen molar-refractivity contribution in [3.63, 3.8) is 0 Å². The third-order valence-electron chi connectivity index (χ3n) is 6.17. The Hall–Kier alpha value is -2.17. The average Bonchev–Trinajstić information content (AvgIpc) is 3.07. The average molecular weight is 379 g/mol. The highest BCUT2D eigenvalue weighted by Crippen LogP contribution is 2.33. The lowest BCUT2D eigenvalue weighted by Crippen LogP contribution is -2.40. The molecule has 0 amide bonds. The Bertz CT molecular complexity index is 781. The van der Waals surface area contributed by atoms with Crippen molar-refractivity contribution in [1.29, 1.82) is 0 Å². The fourth-order valence-corrected chi connectivity index (χ4v) is 4.47. The van der Waals surface area contributed by atoms with Crippen molar-refractivity contribution in [2.45, 2.75) is 32.4 Å². The molecule has 1 atom stereocenters. The van der Waals surface area contributed by atoms with E-state index in [9.17, 15) is 4.79 Å². The number of hydrogen-bond donors (Lipinski definition) is 0. The van der Waals surface area contributed by atoms with Gasteiger partial charge in [0.25, 0.3) is 0 Å². The molecule has 1 unspecified atom stereocenters. The number of carbonyl (C=O) groups is 1. The van der Waals surface area contributed by atoms with E-state index in [1.54, 1.807) is 0 Å². The number of likely N-dealkylation sites (tertiary alicyclic amines) is 1. The second-order valence-corrected chi connectivity index (χ2v) is 8.16. The van der Waals surface area contributed by atoms with Crippen molar-refractivity contribution < 1.29 is 9.53 Å². The van der Waals surface area contributed by atoms with Gasteiger partial charge in [-0.3, -0.25) is 9.80 Å². The lowest BCUT2D eigenvalue weighted by atomic mass is 9.96. The summed E-state index contributed by atoms with van der Waals surface area (Å²) < 4.78 is 5.87. The normalized spacial score (nSPS) is 20.8. The van der Waals surface area contributed by atoms with Crippen molar-refractivity contribution >= 4 is 6.29 Å². The Kier molecular flexibility index (Phi) is 6.08. The highest BCUT2D eigenvalue weighted by Gasteiger charge is 2.31. The first-order chi connectivity index (χ1) is 13.7. The summed E-state index contributed by atoms with van der Waals surface area (Å²) in [5.74, 6) is 1.63. The standard InChI is InChI=1S/C24H30N2O2/c1-19-6-8-22(9-7-19)28-15-14-25-12-10-20(11-13-25)16-26-17-21-4-2-3-5-23(21)24(26)18-27/h2-9,18,20,24H,10-17H2,1H3. The number of aryl methyl sites for hydroxylation is 1. The largest absolute Gasteiger partial charge is 0.492 e. The van der Waals surface area contributed by atoms with Crippen LogP contribution in [0.3, 0.4) is 0 Å². The number of aldehydes is 1. The molecule has 0 aliphatic carbocycles. The van der Waals surface area contributed by atoms with Crippen LogP contribution in [0.4, 0.5) is 0 Å². The molecule has 2 aliphatic heterocycles. The SMILES string of the molecule is Cc1ccc(OCCN2CCC(CN3Cc4ccccc4C3C=O)CC2)cc1. The van der Waals surface area contributed by atoms with Crippen LogP contribution in [-0.2, 0) is 11.3 Å². The molecular formula is C24H30N2O2. The predicted molar refractivity (Wildman–Crippen MR) is 111 cm³/mol. The molecule has 2 aromatic rings. The summed E-state index contributed by atoms with van der Waals surface area (Å²) in [5.41, 5.74) is 3.76. The van der Waals surface area contributed by atoms with Gasteiger partial charge in [-0.25, -0.2) is 0 Å². The molecule has 0 bridgehead atoms. The fraction of sp³-hybridized carbons (Fsp3) is 0.458. The van der Waals surface area contributed by atoms with Gasteiger partial charge in [-0.1, -0.05) is 42.0 Å². The van der Waals surface area contributed by atoms with Crippen molar-refractivity contribution in [3.8, 4) is 5.75 Å². The Morgan fingerprint density at radius 3 is 2.57 bits per heavy atom. The highest BCUT2D eigenvalue weighted by molar-refractivity contribution is 5.64. The van der Waals surface area contributed by atoms with Gasteiger partial charge in [0.1, 0.15) is 18.6 Å². The van der Waals surface area contributed by atoms with Crippen LogP contribution in [0.2, 0.25) is 0 Å². The van der Waals surface area contributed by atoms with Gasteiger partial charge in [0.05, 0.1) is 6.04 Å². The van der Waals surface area contributed by atoms with Gasteiger partial charge in [0.2, 0.25) is 0 Å². The zero-order chi connectivity index (χ0) is 19.3. The number of ether oxygens (including phenoxy) is 1. The molecule has 28 heavy (non-hydrogen) atoms. The van der Waals surface area contributed by atoms with Crippen molar-refractivity contribution in [2.24, 2.45) is 5.92 Å². The Balaban J connectivity index is 1.20. The van der Waals surface area contributed by atoms with Crippen molar-refractivity contribution in [3.05, 3.63) is 65.2 Å². The number of benzene rings is 2. The third kappa shape index (κ3) is 4.45. The van der Waals surface area contributed by atoms with Crippen molar-refractivity contribution in [2.75, 3.05) is 32.8 Å². The molecule has 2 heterocycles. The van der Waals surface area contributed by atoms with E-state index >= 15 is 0 Å². The van der Waals surface area contributed by atoms with Gasteiger partial charge in [0, 0.05) is 19.6 Å². The van der Waals surface area contributed by atoms with E-state index in [1.165, 1.54) is 29.5 Å². The van der Waals surface area contributed by atoms with Crippen LogP contribution in [0.1, 0.15) is 35.6 Å². The molecule has 1 saturated heterocycles. The van der Waals surface area contributed by atoms with E-state index in [-0.39, 0.29) is 6.04 Å². The summed E-state index contributed by atoms with van der Waals surface area (Å²) in [6.07, 6.45) is 3.51. The molecule has 0 radical (unpaired) electrons. The maximum absolute atomic E-state index is 11.7. The molecule has 4 nitrogen and oxygen atoms in total. The van der Waals surface area contributed by atoms with Crippen molar-refractivity contribution in [1.82, 2.24) is 9.80 Å². The van der Waals surface area contributed by atoms with Crippen LogP contribution in [0.15, 0.2) is 48.5 Å². The molecule has 4 heteroatoms. The zero-order valence-corrected chi connectivity index (χ0v) is 16.7. The Labute approximate surface area is 168 Å². The summed E-state index contributed by atoms with van der Waals surface area (Å²) in [6.45, 7) is 7.97. The van der Waals surface area contributed by atoms with Crippen LogP contribution in [0.5, 0.6) is 5.75 Å². The second-order valence-electron chi connectivity index (χ2n) is 8.16. The van der Waals surface area contributed by atoms with Gasteiger partial charge >= 0.3 is 0 Å². The highest BCUT2D eigenvalue weighted by atomic mass is 16.5. The topological polar surface area (TPSA) is 32.8 Å². The van der Waals surface area contributed by atoms with E-state index in [2.05, 4.69) is 47.1 Å². The summed E-state index contributed by atoms with van der Waals surface area (Å²) in [5, 5.41) is 0. The maximum Gasteiger partial charge on any atom is 0.141 e. The van der Waals surface area contributed by atoms with Crippen LogP contribution in [0, 0.1) is 12.8 Å². The monoisotopic (exact) mass is 378 g/mol. The zero-order valence-electron chi connectivity index (χ0n) is 16.7. The minimum atomic E-state index is -0.0582. The van der Waals surface area contributed by atoms with E-state index in [0.29, 0.717) is 5.92 Å². The van der Waals surface area contributed by atoms with E-state index in [4.69, 9.17) is 4.74 Å². The number of nitrogens with zero attached hydrogens (tertiary/aromatic N) is 2. The maximum atomic E-state index is 11.7. The fourth-order valence-electron chi connectivity index (χ4n) is 4.47. The Morgan fingerprint density at radius 2 is 1.82 bits per heavy atom. The molecule has 0 aromatic heterocycles. The summed E-state index contributed by atoms with van der Waals surface area (Å²) in [7, 11) is 0. The smallest absolute Gasteiger partial charge is 0.141 e. The van der Waals surface area contributed by atoms with E-state index in [0.717, 1.165) is 51.4 Å². The van der Waals surface area contributed by atoms with E-state index < -0.39 is 0 Å². The molecular weight excluding hydrogens is 348 g/mol. The minimum absolute atomic E-state index is 0.0582. The number of hydrogen-bond acceptors (Lipinski definition) is 4. The molecule has 0 saturated carbocycles. The summed E-state index contributed by atoms with van der Waals surface area (Å²) in [4.78, 5) is 16.5. The van der Waals surface area contributed by atoms with Crippen LogP contribution >= 0.6 is 0 Å². The number of carbonyl (C=O) groups excluding carboxylic acids is 1. The van der Waals surface area contributed by atoms with Crippen LogP contribution in [-0.4, -0.2) is 48.9 Å². The van der Waals surface area contributed by atoms with Gasteiger partial charge < -0.3 is 9.53 Å². The van der Waals surface area contributed by atoms with Crippen LogP contribution in [0.25, 0.3) is 0 Å². The number of fused-ring (bicyclic) bond motifs is 1. The predicted octanol–water partition coefficient (Wildman–Crippen LogP) is 3.84. The molecule has 4 rings (SSSR count). The minimum Gasteiger partial charge on any atom is -0.492 e. The lowest BCUT2D eigenvalue weighted by Gasteiger charge is -2.34. The first-order valence-corrected chi connectivity index (χ1v) is 10.4. The number of rotatable bonds is 7. The molecule has 1 fully saturated rings. The third-order valence-corrected chi connectivity index (χ3v) is 6.17. The Morgan fingerprint density at radius 1 is 1.07 bits per heavy atom. The number of piperidine rings is 1. The first kappa shape index (κ1) is 19.2. The van der Waals surface area contributed by atoms with Gasteiger partial charge in [-0.2, -0.15) is 0 Å². The van der Waals surface area contributed by atoms with Gasteiger partial charge in [-0.05, 0) is 62.0 Å². The van der Waals surface area contributed by atoms with E-state index in [1.807, 2.05) is 18.2 Å².